The van der Waals surface area contributed by atoms with Gasteiger partial charge in [-0.15, -0.1) is 0 Å². The van der Waals surface area contributed by atoms with E-state index in [1.165, 1.54) is 11.3 Å². The fourth-order valence-electron chi connectivity index (χ4n) is 3.75. The van der Waals surface area contributed by atoms with E-state index >= 15 is 0 Å². The number of hydrogen-bond acceptors (Lipinski definition) is 5. The molecule has 7 heteroatoms. The molecule has 26 heavy (non-hydrogen) atoms. The van der Waals surface area contributed by atoms with Gasteiger partial charge in [-0.1, -0.05) is 23.7 Å². The zero-order chi connectivity index (χ0) is 17.5. The molecule has 4 heterocycles. The lowest BCUT2D eigenvalue weighted by Crippen LogP contribution is -2.55. The summed E-state index contributed by atoms with van der Waals surface area (Å²) >= 11 is 6.21. The fraction of sp³-hybridized carbons (Fsp3) is 0.368. The molecule has 0 spiro atoms. The van der Waals surface area contributed by atoms with Crippen LogP contribution in [-0.4, -0.2) is 46.9 Å². The summed E-state index contributed by atoms with van der Waals surface area (Å²) in [5.41, 5.74) is 3.41. The summed E-state index contributed by atoms with van der Waals surface area (Å²) in [5, 5.41) is 8.63. The van der Waals surface area contributed by atoms with Gasteiger partial charge in [0, 0.05) is 24.6 Å². The van der Waals surface area contributed by atoms with Crippen LogP contribution in [0.3, 0.4) is 0 Å². The number of hydrogen-bond donors (Lipinski definition) is 1. The third kappa shape index (κ3) is 2.70. The van der Waals surface area contributed by atoms with Gasteiger partial charge in [0.05, 0.1) is 30.0 Å². The normalized spacial score (nSPS) is 17.7. The topological polar surface area (TPSA) is 54.7 Å². The van der Waals surface area contributed by atoms with Crippen LogP contribution in [-0.2, 0) is 12.8 Å². The molecule has 1 N–H and O–H groups in total. The molecular formula is C19H20ClN5O. The quantitative estimate of drug-likeness (QED) is 0.768. The van der Waals surface area contributed by atoms with Crippen molar-refractivity contribution in [2.75, 3.05) is 31.1 Å². The van der Waals surface area contributed by atoms with Crippen LogP contribution in [0, 0.1) is 0 Å². The molecule has 3 aromatic rings. The maximum atomic E-state index is 6.21. The number of halogens is 1. The second-order valence-electron chi connectivity index (χ2n) is 6.79. The summed E-state index contributed by atoms with van der Waals surface area (Å²) in [7, 11) is 0. The molecule has 0 bridgehead atoms. The smallest absolute Gasteiger partial charge is 0.157 e. The summed E-state index contributed by atoms with van der Waals surface area (Å²) in [6, 6.07) is 9.61. The summed E-state index contributed by atoms with van der Waals surface area (Å²) in [5.74, 6) is 1.92. The van der Waals surface area contributed by atoms with E-state index in [4.69, 9.17) is 21.3 Å². The van der Waals surface area contributed by atoms with Crippen LogP contribution < -0.4 is 15.0 Å². The molecule has 6 nitrogen and oxygen atoms in total. The van der Waals surface area contributed by atoms with E-state index in [-0.39, 0.29) is 6.10 Å². The standard InChI is InChI=1S/C19H20ClN5O/c20-15-3-1-2-4-17(15)26-13-11-24(12-13)19-14-5-8-21-9-6-16(14)23-18-7-10-22-25(18)19/h1-4,7,10,13,21H,5-6,8-9,11-12H2. The Morgan fingerprint density at radius 3 is 2.85 bits per heavy atom. The zero-order valence-electron chi connectivity index (χ0n) is 14.4. The Morgan fingerprint density at radius 2 is 1.96 bits per heavy atom. The largest absolute Gasteiger partial charge is 0.485 e. The minimum Gasteiger partial charge on any atom is -0.485 e. The second-order valence-corrected chi connectivity index (χ2v) is 7.19. The average Bonchev–Trinajstić information content (AvgIpc) is 2.95. The Bertz CT molecular complexity index is 950. The van der Waals surface area contributed by atoms with E-state index in [0.29, 0.717) is 5.02 Å². The van der Waals surface area contributed by atoms with Crippen molar-refractivity contribution in [1.29, 1.82) is 0 Å². The first kappa shape index (κ1) is 15.9. The minimum absolute atomic E-state index is 0.133. The summed E-state index contributed by atoms with van der Waals surface area (Å²) < 4.78 is 8.03. The number of aromatic nitrogens is 3. The average molecular weight is 370 g/mol. The van der Waals surface area contributed by atoms with Crippen molar-refractivity contribution in [3.63, 3.8) is 0 Å². The van der Waals surface area contributed by atoms with Gasteiger partial charge in [-0.05, 0) is 25.1 Å². The number of fused-ring (bicyclic) bond motifs is 2. The molecule has 1 aromatic carbocycles. The van der Waals surface area contributed by atoms with Gasteiger partial charge in [-0.25, -0.2) is 4.98 Å². The fourth-order valence-corrected chi connectivity index (χ4v) is 3.93. The highest BCUT2D eigenvalue weighted by Gasteiger charge is 2.33. The predicted octanol–water partition coefficient (Wildman–Crippen LogP) is 2.34. The summed E-state index contributed by atoms with van der Waals surface area (Å²) in [6.45, 7) is 3.60. The molecule has 0 amide bonds. The van der Waals surface area contributed by atoms with Gasteiger partial charge >= 0.3 is 0 Å². The molecule has 5 rings (SSSR count). The number of anilines is 1. The first-order chi connectivity index (χ1) is 12.8. The van der Waals surface area contributed by atoms with Crippen molar-refractivity contribution in [2.45, 2.75) is 18.9 Å². The molecule has 2 aliphatic heterocycles. The van der Waals surface area contributed by atoms with Crippen LogP contribution in [0.2, 0.25) is 5.02 Å². The van der Waals surface area contributed by atoms with Crippen molar-refractivity contribution in [1.82, 2.24) is 19.9 Å². The third-order valence-corrected chi connectivity index (χ3v) is 5.37. The van der Waals surface area contributed by atoms with Gasteiger partial charge in [0.25, 0.3) is 0 Å². The van der Waals surface area contributed by atoms with Crippen molar-refractivity contribution < 1.29 is 4.74 Å². The van der Waals surface area contributed by atoms with Crippen LogP contribution in [0.5, 0.6) is 5.75 Å². The van der Waals surface area contributed by atoms with Crippen LogP contribution in [0.4, 0.5) is 5.82 Å². The van der Waals surface area contributed by atoms with Gasteiger partial charge < -0.3 is 15.0 Å². The Hall–Kier alpha value is -2.31. The molecule has 0 aliphatic carbocycles. The maximum Gasteiger partial charge on any atom is 0.157 e. The van der Waals surface area contributed by atoms with E-state index in [0.717, 1.165) is 56.2 Å². The third-order valence-electron chi connectivity index (χ3n) is 5.06. The molecule has 1 fully saturated rings. The maximum absolute atomic E-state index is 6.21. The molecule has 1 saturated heterocycles. The number of nitrogens with zero attached hydrogens (tertiary/aromatic N) is 4. The SMILES string of the molecule is Clc1ccccc1OC1CN(c2c3c(nc4ccnn24)CCNCC3)C1. The number of benzene rings is 1. The Balaban J connectivity index is 1.43. The molecule has 2 aromatic heterocycles. The lowest BCUT2D eigenvalue weighted by Gasteiger charge is -2.41. The van der Waals surface area contributed by atoms with Crippen molar-refractivity contribution in [3.05, 3.63) is 52.8 Å². The van der Waals surface area contributed by atoms with Crippen LogP contribution >= 0.6 is 11.6 Å². The molecule has 134 valence electrons. The number of nitrogens with one attached hydrogen (secondary N) is 1. The highest BCUT2D eigenvalue weighted by Crippen LogP contribution is 2.32. The van der Waals surface area contributed by atoms with Crippen LogP contribution in [0.25, 0.3) is 5.65 Å². The van der Waals surface area contributed by atoms with Gasteiger partial charge in [0.1, 0.15) is 17.7 Å². The minimum atomic E-state index is 0.133. The molecular weight excluding hydrogens is 350 g/mol. The number of rotatable bonds is 3. The predicted molar refractivity (Wildman–Crippen MR) is 101 cm³/mol. The Kier molecular flexibility index (Phi) is 3.94. The molecule has 0 unspecified atom stereocenters. The molecule has 0 atom stereocenters. The molecule has 2 aliphatic rings. The van der Waals surface area contributed by atoms with E-state index in [1.807, 2.05) is 41.0 Å². The van der Waals surface area contributed by atoms with Gasteiger partial charge in [-0.2, -0.15) is 9.61 Å². The van der Waals surface area contributed by atoms with E-state index in [1.54, 1.807) is 0 Å². The monoisotopic (exact) mass is 369 g/mol. The lowest BCUT2D eigenvalue weighted by molar-refractivity contribution is 0.166. The molecule has 0 radical (unpaired) electrons. The summed E-state index contributed by atoms with van der Waals surface area (Å²) in [4.78, 5) is 7.16. The Labute approximate surface area is 156 Å². The van der Waals surface area contributed by atoms with E-state index in [2.05, 4.69) is 15.3 Å². The Morgan fingerprint density at radius 1 is 1.12 bits per heavy atom. The highest BCUT2D eigenvalue weighted by molar-refractivity contribution is 6.32. The van der Waals surface area contributed by atoms with Gasteiger partial charge in [-0.3, -0.25) is 0 Å². The molecule has 0 saturated carbocycles. The first-order valence-electron chi connectivity index (χ1n) is 9.02. The summed E-state index contributed by atoms with van der Waals surface area (Å²) in [6.07, 6.45) is 3.88. The van der Waals surface area contributed by atoms with Crippen molar-refractivity contribution in [2.24, 2.45) is 0 Å². The number of ether oxygens (including phenoxy) is 1. The second kappa shape index (κ2) is 6.45. The van der Waals surface area contributed by atoms with E-state index < -0.39 is 0 Å². The van der Waals surface area contributed by atoms with Crippen molar-refractivity contribution in [3.8, 4) is 5.75 Å². The first-order valence-corrected chi connectivity index (χ1v) is 9.40. The van der Waals surface area contributed by atoms with Gasteiger partial charge in [0.15, 0.2) is 5.65 Å². The highest BCUT2D eigenvalue weighted by atomic mass is 35.5. The lowest BCUT2D eigenvalue weighted by atomic mass is 10.1. The van der Waals surface area contributed by atoms with Crippen LogP contribution in [0.1, 0.15) is 11.3 Å². The zero-order valence-corrected chi connectivity index (χ0v) is 15.1. The number of para-hydroxylation sites is 1. The van der Waals surface area contributed by atoms with Crippen molar-refractivity contribution >= 4 is 23.1 Å². The van der Waals surface area contributed by atoms with Crippen LogP contribution in [0.15, 0.2) is 36.5 Å². The van der Waals surface area contributed by atoms with E-state index in [9.17, 15) is 0 Å². The van der Waals surface area contributed by atoms with Gasteiger partial charge in [0.2, 0.25) is 0 Å².